The van der Waals surface area contributed by atoms with Crippen molar-refractivity contribution in [2.24, 2.45) is 0 Å². The number of carbonyl (C=O) groups excluding carboxylic acids is 1. The normalized spacial score (nSPS) is 11.9. The highest BCUT2D eigenvalue weighted by molar-refractivity contribution is 6.29. The maximum absolute atomic E-state index is 13.5. The molecule has 0 aromatic carbocycles. The van der Waals surface area contributed by atoms with Crippen LogP contribution in [0.15, 0.2) is 24.5 Å². The van der Waals surface area contributed by atoms with Gasteiger partial charge in [0.15, 0.2) is 0 Å². The lowest BCUT2D eigenvalue weighted by Gasteiger charge is -2.13. The summed E-state index contributed by atoms with van der Waals surface area (Å²) in [6.45, 7) is 1.37. The highest BCUT2D eigenvalue weighted by Gasteiger charge is 2.19. The fraction of sp³-hybridized carbons (Fsp3) is 0.267. The van der Waals surface area contributed by atoms with Gasteiger partial charge in [-0.25, -0.2) is 14.2 Å². The molecule has 2 aromatic heterocycles. The van der Waals surface area contributed by atoms with Gasteiger partial charge in [-0.2, -0.15) is 0 Å². The van der Waals surface area contributed by atoms with E-state index in [4.69, 9.17) is 21.1 Å². The van der Waals surface area contributed by atoms with E-state index in [-0.39, 0.29) is 16.4 Å². The number of hydrogen-bond donors (Lipinski definition) is 0. The van der Waals surface area contributed by atoms with Crippen molar-refractivity contribution >= 4 is 17.6 Å². The third-order valence-electron chi connectivity index (χ3n) is 3.08. The predicted octanol–water partition coefficient (Wildman–Crippen LogP) is 3.62. The molecule has 2 rings (SSSR count). The summed E-state index contributed by atoms with van der Waals surface area (Å²) in [5, 5.41) is 0.191. The van der Waals surface area contributed by atoms with Crippen LogP contribution in [0.3, 0.4) is 0 Å². The predicted molar refractivity (Wildman–Crippen MR) is 79.9 cm³/mol. The number of ether oxygens (including phenoxy) is 2. The number of hydrogen-bond acceptors (Lipinski definition) is 5. The maximum Gasteiger partial charge on any atom is 0.340 e. The van der Waals surface area contributed by atoms with Gasteiger partial charge in [-0.1, -0.05) is 11.6 Å². The number of esters is 1. The number of aromatic nitrogens is 2. The first-order valence-corrected chi connectivity index (χ1v) is 6.78. The first-order chi connectivity index (χ1) is 10.5. The standard InChI is InChI=1S/C15H14ClFN2O3/c1-8(17)12-4-10(13(21-2)7-18-12)9-5-14(16)19-6-11(9)15(20)22-3/h4-8H,1-3H3. The minimum absolute atomic E-state index is 0.191. The number of halogens is 2. The van der Waals surface area contributed by atoms with E-state index >= 15 is 0 Å². The van der Waals surface area contributed by atoms with E-state index in [0.717, 1.165) is 0 Å². The van der Waals surface area contributed by atoms with Gasteiger partial charge in [-0.3, -0.25) is 4.98 Å². The van der Waals surface area contributed by atoms with Crippen molar-refractivity contribution in [3.8, 4) is 16.9 Å². The molecule has 116 valence electrons. The summed E-state index contributed by atoms with van der Waals surface area (Å²) in [6, 6.07) is 3.01. The molecule has 5 nitrogen and oxygen atoms in total. The molecule has 0 aliphatic heterocycles. The van der Waals surface area contributed by atoms with Crippen LogP contribution < -0.4 is 4.74 Å². The fourth-order valence-corrected chi connectivity index (χ4v) is 2.13. The van der Waals surface area contributed by atoms with Gasteiger partial charge in [0.25, 0.3) is 0 Å². The van der Waals surface area contributed by atoms with E-state index in [2.05, 4.69) is 9.97 Å². The Morgan fingerprint density at radius 1 is 1.23 bits per heavy atom. The molecule has 22 heavy (non-hydrogen) atoms. The van der Waals surface area contributed by atoms with E-state index in [1.165, 1.54) is 45.7 Å². The summed E-state index contributed by atoms with van der Waals surface area (Å²) >= 11 is 5.92. The lowest BCUT2D eigenvalue weighted by molar-refractivity contribution is 0.0601. The number of pyridine rings is 2. The summed E-state index contributed by atoms with van der Waals surface area (Å²) in [5.74, 6) is -0.190. The second kappa shape index (κ2) is 6.70. The van der Waals surface area contributed by atoms with Crippen LogP contribution in [0.4, 0.5) is 4.39 Å². The minimum Gasteiger partial charge on any atom is -0.494 e. The summed E-state index contributed by atoms with van der Waals surface area (Å²) in [6.07, 6.45) is 1.45. The Balaban J connectivity index is 2.71. The molecule has 0 radical (unpaired) electrons. The van der Waals surface area contributed by atoms with Crippen molar-refractivity contribution in [2.75, 3.05) is 14.2 Å². The van der Waals surface area contributed by atoms with Crippen molar-refractivity contribution in [1.29, 1.82) is 0 Å². The van der Waals surface area contributed by atoms with Gasteiger partial charge in [0.05, 0.1) is 31.7 Å². The van der Waals surface area contributed by atoms with Gasteiger partial charge < -0.3 is 9.47 Å². The van der Waals surface area contributed by atoms with Gasteiger partial charge >= 0.3 is 5.97 Å². The third kappa shape index (κ3) is 3.17. The quantitative estimate of drug-likeness (QED) is 0.635. The smallest absolute Gasteiger partial charge is 0.340 e. The molecule has 7 heteroatoms. The highest BCUT2D eigenvalue weighted by atomic mass is 35.5. The molecular formula is C15H14ClFN2O3. The van der Waals surface area contributed by atoms with E-state index in [9.17, 15) is 9.18 Å². The van der Waals surface area contributed by atoms with Crippen molar-refractivity contribution < 1.29 is 18.7 Å². The third-order valence-corrected chi connectivity index (χ3v) is 3.29. The Morgan fingerprint density at radius 2 is 1.95 bits per heavy atom. The Kier molecular flexibility index (Phi) is 4.92. The molecule has 0 aliphatic carbocycles. The molecule has 0 bridgehead atoms. The second-order valence-corrected chi connectivity index (χ2v) is 4.86. The van der Waals surface area contributed by atoms with Crippen molar-refractivity contribution in [2.45, 2.75) is 13.1 Å². The molecule has 1 unspecified atom stereocenters. The SMILES string of the molecule is COC(=O)c1cnc(Cl)cc1-c1cc(C(C)F)ncc1OC. The van der Waals surface area contributed by atoms with Gasteiger partial charge in [0.1, 0.15) is 17.1 Å². The topological polar surface area (TPSA) is 61.3 Å². The summed E-state index contributed by atoms with van der Waals surface area (Å²) in [5.41, 5.74) is 1.35. The molecule has 0 amide bonds. The molecule has 0 spiro atoms. The average molecular weight is 325 g/mol. The van der Waals surface area contributed by atoms with Crippen LogP contribution in [0.1, 0.15) is 29.1 Å². The number of methoxy groups -OCH3 is 2. The Morgan fingerprint density at radius 3 is 2.55 bits per heavy atom. The fourth-order valence-electron chi connectivity index (χ4n) is 1.98. The van der Waals surface area contributed by atoms with Crippen LogP contribution >= 0.6 is 11.6 Å². The first kappa shape index (κ1) is 16.2. The lowest BCUT2D eigenvalue weighted by Crippen LogP contribution is -2.06. The van der Waals surface area contributed by atoms with Crippen LogP contribution in [0, 0.1) is 0 Å². The first-order valence-electron chi connectivity index (χ1n) is 6.40. The van der Waals surface area contributed by atoms with Gasteiger partial charge in [0, 0.05) is 17.3 Å². The number of alkyl halides is 1. The molecule has 0 aliphatic rings. The molecule has 0 saturated carbocycles. The zero-order chi connectivity index (χ0) is 16.3. The lowest BCUT2D eigenvalue weighted by atomic mass is 10.0. The van der Waals surface area contributed by atoms with Crippen molar-refractivity contribution in [1.82, 2.24) is 9.97 Å². The summed E-state index contributed by atoms with van der Waals surface area (Å²) < 4.78 is 23.5. The number of carbonyl (C=O) groups is 1. The maximum atomic E-state index is 13.5. The monoisotopic (exact) mass is 324 g/mol. The Hall–Kier alpha value is -2.21. The average Bonchev–Trinajstić information content (AvgIpc) is 2.53. The van der Waals surface area contributed by atoms with Crippen LogP contribution in [-0.2, 0) is 4.74 Å². The zero-order valence-corrected chi connectivity index (χ0v) is 13.0. The Bertz CT molecular complexity index is 707. The molecule has 0 N–H and O–H groups in total. The molecule has 0 saturated heterocycles. The summed E-state index contributed by atoms with van der Waals surface area (Å²) in [7, 11) is 2.72. The molecular weight excluding hydrogens is 311 g/mol. The van der Waals surface area contributed by atoms with E-state index < -0.39 is 12.1 Å². The minimum atomic E-state index is -1.26. The van der Waals surface area contributed by atoms with Gasteiger partial charge in [-0.05, 0) is 19.1 Å². The van der Waals surface area contributed by atoms with E-state index in [1.807, 2.05) is 0 Å². The van der Waals surface area contributed by atoms with Crippen LogP contribution in [0.5, 0.6) is 5.75 Å². The summed E-state index contributed by atoms with van der Waals surface area (Å²) in [4.78, 5) is 19.8. The van der Waals surface area contributed by atoms with Crippen molar-refractivity contribution in [3.63, 3.8) is 0 Å². The van der Waals surface area contributed by atoms with Crippen LogP contribution in [-0.4, -0.2) is 30.2 Å². The van der Waals surface area contributed by atoms with Crippen LogP contribution in [0.25, 0.3) is 11.1 Å². The number of rotatable bonds is 4. The Labute approximate surface area is 132 Å². The van der Waals surface area contributed by atoms with Gasteiger partial charge in [0.2, 0.25) is 0 Å². The molecule has 2 heterocycles. The van der Waals surface area contributed by atoms with Gasteiger partial charge in [-0.15, -0.1) is 0 Å². The van der Waals surface area contributed by atoms with E-state index in [0.29, 0.717) is 16.9 Å². The molecule has 0 fully saturated rings. The van der Waals surface area contributed by atoms with E-state index in [1.54, 1.807) is 0 Å². The van der Waals surface area contributed by atoms with Crippen molar-refractivity contribution in [3.05, 3.63) is 40.9 Å². The largest absolute Gasteiger partial charge is 0.494 e. The zero-order valence-electron chi connectivity index (χ0n) is 12.3. The second-order valence-electron chi connectivity index (χ2n) is 4.47. The molecule has 1 atom stereocenters. The molecule has 2 aromatic rings. The van der Waals surface area contributed by atoms with Crippen LogP contribution in [0.2, 0.25) is 5.15 Å². The number of nitrogens with zero attached hydrogens (tertiary/aromatic N) is 2. The highest BCUT2D eigenvalue weighted by Crippen LogP contribution is 2.35.